The first-order valence-corrected chi connectivity index (χ1v) is 5.30. The molecule has 1 aromatic heterocycles. The van der Waals surface area contributed by atoms with Crippen LogP contribution in [0.2, 0.25) is 0 Å². The molecule has 0 fully saturated rings. The number of aromatic nitrogens is 3. The summed E-state index contributed by atoms with van der Waals surface area (Å²) < 4.78 is 14.9. The highest BCUT2D eigenvalue weighted by Gasteiger charge is 2.20. The van der Waals surface area contributed by atoms with E-state index in [1.54, 1.807) is 39.1 Å². The summed E-state index contributed by atoms with van der Waals surface area (Å²) in [5, 5.41) is 17.6. The van der Waals surface area contributed by atoms with Crippen LogP contribution in [0.25, 0.3) is 5.69 Å². The zero-order chi connectivity index (χ0) is 12.6. The van der Waals surface area contributed by atoms with E-state index in [9.17, 15) is 9.50 Å². The SMILES string of the molecule is Cc1c(F)cccc1-n1cc(C(C)(C)O)nn1. The molecule has 4 nitrogen and oxygen atoms in total. The van der Waals surface area contributed by atoms with Crippen molar-refractivity contribution in [2.24, 2.45) is 0 Å². The third-order valence-corrected chi connectivity index (χ3v) is 2.61. The smallest absolute Gasteiger partial charge is 0.128 e. The van der Waals surface area contributed by atoms with Crippen LogP contribution in [0.5, 0.6) is 0 Å². The summed E-state index contributed by atoms with van der Waals surface area (Å²) in [7, 11) is 0. The Balaban J connectivity index is 2.48. The van der Waals surface area contributed by atoms with Crippen LogP contribution in [0, 0.1) is 12.7 Å². The average Bonchev–Trinajstić information content (AvgIpc) is 2.70. The van der Waals surface area contributed by atoms with Crippen molar-refractivity contribution in [2.45, 2.75) is 26.4 Å². The summed E-state index contributed by atoms with van der Waals surface area (Å²) in [5.41, 5.74) is 0.508. The molecule has 0 amide bonds. The van der Waals surface area contributed by atoms with E-state index < -0.39 is 5.60 Å². The van der Waals surface area contributed by atoms with Gasteiger partial charge in [-0.3, -0.25) is 0 Å². The third kappa shape index (κ3) is 2.19. The van der Waals surface area contributed by atoms with Crippen molar-refractivity contribution in [1.29, 1.82) is 0 Å². The van der Waals surface area contributed by atoms with Crippen LogP contribution in [0.1, 0.15) is 25.1 Å². The number of rotatable bonds is 2. The Morgan fingerprint density at radius 1 is 1.35 bits per heavy atom. The fourth-order valence-electron chi connectivity index (χ4n) is 1.51. The standard InChI is InChI=1S/C12H14FN3O/c1-8-9(13)5-4-6-10(8)16-7-11(14-15-16)12(2,3)17/h4-7,17H,1-3H3. The molecule has 1 aromatic carbocycles. The predicted molar refractivity (Wildman–Crippen MR) is 61.3 cm³/mol. The van der Waals surface area contributed by atoms with E-state index in [-0.39, 0.29) is 5.82 Å². The second kappa shape index (κ2) is 3.92. The molecular weight excluding hydrogens is 221 g/mol. The number of halogens is 1. The molecule has 0 aliphatic carbocycles. The van der Waals surface area contributed by atoms with E-state index in [0.29, 0.717) is 16.9 Å². The van der Waals surface area contributed by atoms with E-state index in [0.717, 1.165) is 0 Å². The zero-order valence-corrected chi connectivity index (χ0v) is 9.98. The normalized spacial score (nSPS) is 11.8. The molecule has 2 aromatic rings. The Labute approximate surface area is 98.7 Å². The highest BCUT2D eigenvalue weighted by atomic mass is 19.1. The summed E-state index contributed by atoms with van der Waals surface area (Å²) >= 11 is 0. The van der Waals surface area contributed by atoms with Crippen molar-refractivity contribution in [3.05, 3.63) is 41.5 Å². The first-order chi connectivity index (χ1) is 7.89. The zero-order valence-electron chi connectivity index (χ0n) is 9.98. The van der Waals surface area contributed by atoms with Crippen molar-refractivity contribution in [1.82, 2.24) is 15.0 Å². The van der Waals surface area contributed by atoms with Gasteiger partial charge in [0.2, 0.25) is 0 Å². The van der Waals surface area contributed by atoms with Crippen LogP contribution in [0.3, 0.4) is 0 Å². The molecule has 17 heavy (non-hydrogen) atoms. The fraction of sp³-hybridized carbons (Fsp3) is 0.333. The molecule has 2 rings (SSSR count). The highest BCUT2D eigenvalue weighted by Crippen LogP contribution is 2.20. The van der Waals surface area contributed by atoms with E-state index in [2.05, 4.69) is 10.3 Å². The van der Waals surface area contributed by atoms with Crippen LogP contribution >= 0.6 is 0 Å². The number of benzene rings is 1. The predicted octanol–water partition coefficient (Wildman–Crippen LogP) is 1.94. The summed E-state index contributed by atoms with van der Waals surface area (Å²) in [6.45, 7) is 4.93. The molecule has 90 valence electrons. The minimum absolute atomic E-state index is 0.289. The first kappa shape index (κ1) is 11.7. The highest BCUT2D eigenvalue weighted by molar-refractivity contribution is 5.40. The van der Waals surface area contributed by atoms with Crippen molar-refractivity contribution in [3.63, 3.8) is 0 Å². The largest absolute Gasteiger partial charge is 0.384 e. The molecule has 0 saturated heterocycles. The van der Waals surface area contributed by atoms with Gasteiger partial charge in [-0.05, 0) is 32.9 Å². The van der Waals surface area contributed by atoms with Gasteiger partial charge < -0.3 is 5.11 Å². The van der Waals surface area contributed by atoms with E-state index in [4.69, 9.17) is 0 Å². The Kier molecular flexibility index (Phi) is 2.71. The lowest BCUT2D eigenvalue weighted by Gasteiger charge is -2.12. The second-order valence-electron chi connectivity index (χ2n) is 4.49. The van der Waals surface area contributed by atoms with Gasteiger partial charge in [-0.1, -0.05) is 11.3 Å². The van der Waals surface area contributed by atoms with E-state index in [1.165, 1.54) is 10.7 Å². The summed E-state index contributed by atoms with van der Waals surface area (Å²) in [5.74, 6) is -0.289. The van der Waals surface area contributed by atoms with Gasteiger partial charge in [-0.15, -0.1) is 5.10 Å². The van der Waals surface area contributed by atoms with Crippen molar-refractivity contribution < 1.29 is 9.50 Å². The van der Waals surface area contributed by atoms with E-state index >= 15 is 0 Å². The Morgan fingerprint density at radius 3 is 2.65 bits per heavy atom. The van der Waals surface area contributed by atoms with Gasteiger partial charge in [-0.2, -0.15) is 0 Å². The Bertz CT molecular complexity index is 543. The quantitative estimate of drug-likeness (QED) is 0.865. The minimum atomic E-state index is -1.06. The first-order valence-electron chi connectivity index (χ1n) is 5.30. The maximum Gasteiger partial charge on any atom is 0.128 e. The maximum absolute atomic E-state index is 13.4. The van der Waals surface area contributed by atoms with Gasteiger partial charge >= 0.3 is 0 Å². The summed E-state index contributed by atoms with van der Waals surface area (Å²) in [6, 6.07) is 4.76. The van der Waals surface area contributed by atoms with Crippen molar-refractivity contribution >= 4 is 0 Å². The Hall–Kier alpha value is -1.75. The molecular formula is C12H14FN3O. The third-order valence-electron chi connectivity index (χ3n) is 2.61. The maximum atomic E-state index is 13.4. The number of aliphatic hydroxyl groups is 1. The lowest BCUT2D eigenvalue weighted by Crippen LogP contribution is -2.15. The van der Waals surface area contributed by atoms with Crippen LogP contribution in [0.15, 0.2) is 24.4 Å². The number of nitrogens with zero attached hydrogens (tertiary/aromatic N) is 3. The second-order valence-corrected chi connectivity index (χ2v) is 4.49. The van der Waals surface area contributed by atoms with Gasteiger partial charge in [0.15, 0.2) is 0 Å². The van der Waals surface area contributed by atoms with Gasteiger partial charge in [0, 0.05) is 5.56 Å². The summed E-state index contributed by atoms with van der Waals surface area (Å²) in [6.07, 6.45) is 1.60. The molecule has 0 unspecified atom stereocenters. The van der Waals surface area contributed by atoms with Crippen molar-refractivity contribution in [2.75, 3.05) is 0 Å². The molecule has 1 N–H and O–H groups in total. The summed E-state index contributed by atoms with van der Waals surface area (Å²) in [4.78, 5) is 0. The molecule has 0 bridgehead atoms. The molecule has 0 radical (unpaired) electrons. The van der Waals surface area contributed by atoms with Gasteiger partial charge in [0.05, 0.1) is 11.9 Å². The van der Waals surface area contributed by atoms with E-state index in [1.807, 2.05) is 0 Å². The topological polar surface area (TPSA) is 50.9 Å². The fourth-order valence-corrected chi connectivity index (χ4v) is 1.51. The average molecular weight is 235 g/mol. The number of hydrogen-bond acceptors (Lipinski definition) is 3. The molecule has 0 aliphatic heterocycles. The van der Waals surface area contributed by atoms with Crippen LogP contribution in [-0.4, -0.2) is 20.1 Å². The van der Waals surface area contributed by atoms with Gasteiger partial charge in [-0.25, -0.2) is 9.07 Å². The lowest BCUT2D eigenvalue weighted by molar-refractivity contribution is 0.0737. The monoisotopic (exact) mass is 235 g/mol. The minimum Gasteiger partial charge on any atom is -0.384 e. The molecule has 0 atom stereocenters. The Morgan fingerprint density at radius 2 is 2.06 bits per heavy atom. The number of hydrogen-bond donors (Lipinski definition) is 1. The molecule has 0 spiro atoms. The molecule has 1 heterocycles. The van der Waals surface area contributed by atoms with Crippen LogP contribution in [-0.2, 0) is 5.60 Å². The van der Waals surface area contributed by atoms with Crippen LogP contribution in [0.4, 0.5) is 4.39 Å². The molecule has 0 saturated carbocycles. The molecule has 0 aliphatic rings. The van der Waals surface area contributed by atoms with Gasteiger partial charge in [0.1, 0.15) is 17.1 Å². The van der Waals surface area contributed by atoms with Crippen molar-refractivity contribution in [3.8, 4) is 5.69 Å². The van der Waals surface area contributed by atoms with Gasteiger partial charge in [0.25, 0.3) is 0 Å². The molecule has 5 heteroatoms. The van der Waals surface area contributed by atoms with Crippen LogP contribution < -0.4 is 0 Å². The lowest BCUT2D eigenvalue weighted by atomic mass is 10.1.